The number of carbonyl (C=O) groups is 1. The van der Waals surface area contributed by atoms with Gasteiger partial charge >= 0.3 is 0 Å². The van der Waals surface area contributed by atoms with Gasteiger partial charge in [0.25, 0.3) is 5.91 Å². The van der Waals surface area contributed by atoms with Crippen LogP contribution in [0.5, 0.6) is 11.5 Å². The summed E-state index contributed by atoms with van der Waals surface area (Å²) >= 11 is 0. The summed E-state index contributed by atoms with van der Waals surface area (Å²) in [6.07, 6.45) is 6.09. The number of hydrogen-bond donors (Lipinski definition) is 1. The third kappa shape index (κ3) is 6.83. The van der Waals surface area contributed by atoms with E-state index in [1.54, 1.807) is 0 Å². The van der Waals surface area contributed by atoms with Crippen molar-refractivity contribution in [3.63, 3.8) is 0 Å². The Kier molecular flexibility index (Phi) is 7.93. The van der Waals surface area contributed by atoms with E-state index in [0.717, 1.165) is 35.2 Å². The molecular formula is C25H29NO3. The summed E-state index contributed by atoms with van der Waals surface area (Å²) < 4.78 is 11.4. The number of benzene rings is 3. The fourth-order valence-corrected chi connectivity index (χ4v) is 3.13. The van der Waals surface area contributed by atoms with Crippen molar-refractivity contribution in [1.82, 2.24) is 0 Å². The molecule has 0 atom stereocenters. The van der Waals surface area contributed by atoms with Crippen molar-refractivity contribution >= 4 is 22.4 Å². The summed E-state index contributed by atoms with van der Waals surface area (Å²) in [6, 6.07) is 21.3. The highest BCUT2D eigenvalue weighted by atomic mass is 16.5. The number of amides is 1. The average molecular weight is 392 g/mol. The zero-order valence-corrected chi connectivity index (χ0v) is 17.0. The molecule has 0 heterocycles. The molecule has 3 aromatic rings. The van der Waals surface area contributed by atoms with Crippen molar-refractivity contribution in [2.75, 3.05) is 18.5 Å². The summed E-state index contributed by atoms with van der Waals surface area (Å²) in [4.78, 5) is 12.2. The zero-order valence-electron chi connectivity index (χ0n) is 17.0. The molecule has 0 saturated heterocycles. The molecule has 0 aliphatic carbocycles. The Morgan fingerprint density at radius 2 is 1.52 bits per heavy atom. The number of carbonyl (C=O) groups excluding carboxylic acids is 1. The fourth-order valence-electron chi connectivity index (χ4n) is 3.13. The van der Waals surface area contributed by atoms with Gasteiger partial charge in [0.1, 0.15) is 11.5 Å². The predicted molar refractivity (Wildman–Crippen MR) is 119 cm³/mol. The lowest BCUT2D eigenvalue weighted by atomic mass is 10.1. The van der Waals surface area contributed by atoms with Gasteiger partial charge in [0, 0.05) is 5.69 Å². The fraction of sp³-hybridized carbons (Fsp3) is 0.320. The lowest BCUT2D eigenvalue weighted by Gasteiger charge is -2.10. The minimum atomic E-state index is -0.192. The van der Waals surface area contributed by atoms with E-state index in [4.69, 9.17) is 9.47 Å². The smallest absolute Gasteiger partial charge is 0.262 e. The van der Waals surface area contributed by atoms with Gasteiger partial charge in [0.05, 0.1) is 6.61 Å². The highest BCUT2D eigenvalue weighted by Crippen LogP contribution is 2.21. The Labute approximate surface area is 172 Å². The van der Waals surface area contributed by atoms with Crippen LogP contribution in [0.1, 0.15) is 39.0 Å². The Morgan fingerprint density at radius 1 is 0.793 bits per heavy atom. The van der Waals surface area contributed by atoms with Crippen molar-refractivity contribution in [1.29, 1.82) is 0 Å². The summed E-state index contributed by atoms with van der Waals surface area (Å²) in [5.74, 6) is 1.31. The normalized spacial score (nSPS) is 10.7. The first kappa shape index (κ1) is 20.7. The van der Waals surface area contributed by atoms with Crippen LogP contribution < -0.4 is 14.8 Å². The molecule has 0 radical (unpaired) electrons. The predicted octanol–water partition coefficient (Wildman–Crippen LogP) is 6.21. The Balaban J connectivity index is 1.40. The van der Waals surface area contributed by atoms with E-state index in [9.17, 15) is 4.79 Å². The Morgan fingerprint density at radius 3 is 2.31 bits per heavy atom. The molecule has 0 unspecified atom stereocenters. The maximum Gasteiger partial charge on any atom is 0.262 e. The molecule has 0 aromatic heterocycles. The molecule has 0 fully saturated rings. The van der Waals surface area contributed by atoms with Crippen LogP contribution in [0.15, 0.2) is 66.7 Å². The quantitative estimate of drug-likeness (QED) is 0.396. The maximum absolute atomic E-state index is 12.2. The SMILES string of the molecule is CCCCCCCOc1ccc(NC(=O)COc2ccc3ccccc3c2)cc1. The van der Waals surface area contributed by atoms with Crippen LogP contribution in [0.4, 0.5) is 5.69 Å². The number of anilines is 1. The average Bonchev–Trinajstić information content (AvgIpc) is 2.76. The minimum absolute atomic E-state index is 0.0334. The van der Waals surface area contributed by atoms with Crippen LogP contribution in [0, 0.1) is 0 Å². The first-order chi connectivity index (χ1) is 14.2. The standard InChI is InChI=1S/C25H29NO3/c1-2-3-4-5-8-17-28-23-15-12-22(13-16-23)26-25(27)19-29-24-14-11-20-9-6-7-10-21(20)18-24/h6-7,9-16,18H,2-5,8,17,19H2,1H3,(H,26,27). The van der Waals surface area contributed by atoms with Crippen molar-refractivity contribution in [2.45, 2.75) is 39.0 Å². The Hall–Kier alpha value is -3.01. The highest BCUT2D eigenvalue weighted by molar-refractivity contribution is 5.92. The second-order valence-corrected chi connectivity index (χ2v) is 7.13. The number of hydrogen-bond acceptors (Lipinski definition) is 3. The maximum atomic E-state index is 12.2. The molecule has 0 saturated carbocycles. The monoisotopic (exact) mass is 391 g/mol. The summed E-state index contributed by atoms with van der Waals surface area (Å²) in [7, 11) is 0. The van der Waals surface area contributed by atoms with E-state index in [2.05, 4.69) is 12.2 Å². The van der Waals surface area contributed by atoms with Crippen LogP contribution >= 0.6 is 0 Å². The van der Waals surface area contributed by atoms with Crippen molar-refractivity contribution in [3.05, 3.63) is 66.7 Å². The Bertz CT molecular complexity index is 905. The van der Waals surface area contributed by atoms with Gasteiger partial charge in [-0.25, -0.2) is 0 Å². The van der Waals surface area contributed by atoms with Gasteiger partial charge in [-0.1, -0.05) is 62.9 Å². The summed E-state index contributed by atoms with van der Waals surface area (Å²) in [5.41, 5.74) is 0.729. The number of nitrogens with one attached hydrogen (secondary N) is 1. The third-order valence-corrected chi connectivity index (χ3v) is 4.75. The number of ether oxygens (including phenoxy) is 2. The molecule has 1 N–H and O–H groups in total. The van der Waals surface area contributed by atoms with E-state index in [0.29, 0.717) is 5.75 Å². The molecule has 4 heteroatoms. The molecule has 3 aromatic carbocycles. The van der Waals surface area contributed by atoms with Crippen LogP contribution in [-0.4, -0.2) is 19.1 Å². The van der Waals surface area contributed by atoms with Gasteiger partial charge in [-0.3, -0.25) is 4.79 Å². The minimum Gasteiger partial charge on any atom is -0.494 e. The molecule has 152 valence electrons. The molecule has 3 rings (SSSR count). The molecular weight excluding hydrogens is 362 g/mol. The molecule has 0 aliphatic rings. The van der Waals surface area contributed by atoms with Gasteiger partial charge < -0.3 is 14.8 Å². The lowest BCUT2D eigenvalue weighted by molar-refractivity contribution is -0.118. The molecule has 1 amide bonds. The number of unbranched alkanes of at least 4 members (excludes halogenated alkanes) is 4. The third-order valence-electron chi connectivity index (χ3n) is 4.75. The van der Waals surface area contributed by atoms with Crippen molar-refractivity contribution in [2.24, 2.45) is 0 Å². The molecule has 29 heavy (non-hydrogen) atoms. The molecule has 0 bridgehead atoms. The van der Waals surface area contributed by atoms with E-state index >= 15 is 0 Å². The topological polar surface area (TPSA) is 47.6 Å². The van der Waals surface area contributed by atoms with Gasteiger partial charge in [0.15, 0.2) is 6.61 Å². The first-order valence-electron chi connectivity index (χ1n) is 10.4. The van der Waals surface area contributed by atoms with E-state index in [1.807, 2.05) is 66.7 Å². The number of rotatable bonds is 11. The molecule has 0 aliphatic heterocycles. The van der Waals surface area contributed by atoms with Crippen LogP contribution in [0.2, 0.25) is 0 Å². The second-order valence-electron chi connectivity index (χ2n) is 7.13. The van der Waals surface area contributed by atoms with Crippen LogP contribution in [-0.2, 0) is 4.79 Å². The molecule has 0 spiro atoms. The van der Waals surface area contributed by atoms with Crippen LogP contribution in [0.3, 0.4) is 0 Å². The molecule has 4 nitrogen and oxygen atoms in total. The van der Waals surface area contributed by atoms with Crippen LogP contribution in [0.25, 0.3) is 10.8 Å². The first-order valence-corrected chi connectivity index (χ1v) is 10.4. The van der Waals surface area contributed by atoms with E-state index in [-0.39, 0.29) is 12.5 Å². The van der Waals surface area contributed by atoms with E-state index in [1.165, 1.54) is 25.7 Å². The van der Waals surface area contributed by atoms with Gasteiger partial charge in [0.2, 0.25) is 0 Å². The lowest BCUT2D eigenvalue weighted by Crippen LogP contribution is -2.20. The van der Waals surface area contributed by atoms with Gasteiger partial charge in [-0.2, -0.15) is 0 Å². The zero-order chi connectivity index (χ0) is 20.3. The second kappa shape index (κ2) is 11.1. The summed E-state index contributed by atoms with van der Waals surface area (Å²) in [5, 5.41) is 5.08. The van der Waals surface area contributed by atoms with Gasteiger partial charge in [-0.05, 0) is 53.6 Å². The van der Waals surface area contributed by atoms with Crippen molar-refractivity contribution in [3.8, 4) is 11.5 Å². The van der Waals surface area contributed by atoms with Crippen molar-refractivity contribution < 1.29 is 14.3 Å². The largest absolute Gasteiger partial charge is 0.494 e. The highest BCUT2D eigenvalue weighted by Gasteiger charge is 2.05. The summed E-state index contributed by atoms with van der Waals surface area (Å²) in [6.45, 7) is 2.91. The van der Waals surface area contributed by atoms with E-state index < -0.39 is 0 Å². The number of fused-ring (bicyclic) bond motifs is 1. The van der Waals surface area contributed by atoms with Gasteiger partial charge in [-0.15, -0.1) is 0 Å².